The van der Waals surface area contributed by atoms with E-state index in [4.69, 9.17) is 16.7 Å². The second-order valence-corrected chi connectivity index (χ2v) is 3.41. The highest BCUT2D eigenvalue weighted by molar-refractivity contribution is 6.33. The molecule has 16 heavy (non-hydrogen) atoms. The van der Waals surface area contributed by atoms with E-state index in [0.29, 0.717) is 0 Å². The maximum absolute atomic E-state index is 10.4. The lowest BCUT2D eigenvalue weighted by atomic mass is 10.4. The zero-order valence-electron chi connectivity index (χ0n) is 8.25. The molecule has 0 amide bonds. The van der Waals surface area contributed by atoms with Gasteiger partial charge in [0.15, 0.2) is 0 Å². The molecule has 7 nitrogen and oxygen atoms in total. The van der Waals surface area contributed by atoms with Gasteiger partial charge in [-0.1, -0.05) is 11.6 Å². The smallest absolute Gasteiger partial charge is 0.323 e. The summed E-state index contributed by atoms with van der Waals surface area (Å²) < 4.78 is 0. The summed E-state index contributed by atoms with van der Waals surface area (Å²) in [5.74, 6) is -0.853. The fraction of sp³-hybridized carbons (Fsp3) is 0.250. The number of rotatable bonds is 4. The molecule has 0 saturated heterocycles. The lowest BCUT2D eigenvalue weighted by Crippen LogP contribution is -2.26. The number of carbonyl (C=O) groups is 1. The van der Waals surface area contributed by atoms with Gasteiger partial charge in [0.2, 0.25) is 0 Å². The lowest BCUT2D eigenvalue weighted by Gasteiger charge is -2.16. The van der Waals surface area contributed by atoms with Crippen LogP contribution in [0.2, 0.25) is 5.02 Å². The number of halogens is 1. The number of carboxylic acids is 1. The van der Waals surface area contributed by atoms with E-state index < -0.39 is 10.9 Å². The van der Waals surface area contributed by atoms with Crippen molar-refractivity contribution in [2.75, 3.05) is 18.5 Å². The summed E-state index contributed by atoms with van der Waals surface area (Å²) in [4.78, 5) is 25.3. The minimum atomic E-state index is -1.04. The molecule has 1 rings (SSSR count). The third kappa shape index (κ3) is 2.80. The Balaban J connectivity index is 2.98. The van der Waals surface area contributed by atoms with E-state index in [1.54, 1.807) is 0 Å². The van der Waals surface area contributed by atoms with Crippen LogP contribution in [0.5, 0.6) is 0 Å². The highest BCUT2D eigenvalue weighted by Crippen LogP contribution is 2.25. The molecule has 1 N–H and O–H groups in total. The van der Waals surface area contributed by atoms with Crippen LogP contribution in [0.15, 0.2) is 12.3 Å². The molecule has 0 bridgehead atoms. The predicted molar refractivity (Wildman–Crippen MR) is 56.8 cm³/mol. The average molecular weight is 246 g/mol. The Morgan fingerprint density at radius 2 is 2.38 bits per heavy atom. The van der Waals surface area contributed by atoms with Gasteiger partial charge in [-0.3, -0.25) is 14.9 Å². The molecule has 0 fully saturated rings. The van der Waals surface area contributed by atoms with Crippen LogP contribution in [0.25, 0.3) is 0 Å². The number of hydrogen-bond donors (Lipinski definition) is 1. The summed E-state index contributed by atoms with van der Waals surface area (Å²) in [6.45, 7) is -0.287. The second-order valence-electron chi connectivity index (χ2n) is 3.01. The summed E-state index contributed by atoms with van der Waals surface area (Å²) >= 11 is 5.75. The Morgan fingerprint density at radius 1 is 1.75 bits per heavy atom. The van der Waals surface area contributed by atoms with Crippen LogP contribution < -0.4 is 4.90 Å². The topological polar surface area (TPSA) is 96.6 Å². The molecular weight excluding hydrogens is 238 g/mol. The number of carboxylic acid groups (broad SMARTS) is 1. The van der Waals surface area contributed by atoms with E-state index in [9.17, 15) is 14.9 Å². The Hall–Kier alpha value is -1.89. The zero-order chi connectivity index (χ0) is 12.3. The second kappa shape index (κ2) is 4.75. The van der Waals surface area contributed by atoms with Crippen molar-refractivity contribution in [2.24, 2.45) is 0 Å². The van der Waals surface area contributed by atoms with Crippen LogP contribution in [-0.2, 0) is 4.79 Å². The third-order valence-corrected chi connectivity index (χ3v) is 2.03. The van der Waals surface area contributed by atoms with Crippen molar-refractivity contribution < 1.29 is 14.8 Å². The lowest BCUT2D eigenvalue weighted by molar-refractivity contribution is -0.385. The zero-order valence-corrected chi connectivity index (χ0v) is 9.01. The van der Waals surface area contributed by atoms with Crippen LogP contribution in [0.3, 0.4) is 0 Å². The Bertz CT molecular complexity index is 437. The first-order valence-corrected chi connectivity index (χ1v) is 4.52. The normalized spacial score (nSPS) is 9.88. The minimum absolute atomic E-state index is 0.0398. The summed E-state index contributed by atoms with van der Waals surface area (Å²) in [6, 6.07) is 1.13. The summed E-state index contributed by atoms with van der Waals surface area (Å²) in [7, 11) is 1.48. The van der Waals surface area contributed by atoms with E-state index in [0.717, 1.165) is 12.3 Å². The number of pyridine rings is 1. The van der Waals surface area contributed by atoms with Crippen LogP contribution in [0.4, 0.5) is 11.5 Å². The maximum atomic E-state index is 10.4. The molecule has 0 radical (unpaired) electrons. The fourth-order valence-electron chi connectivity index (χ4n) is 1.08. The monoisotopic (exact) mass is 245 g/mol. The van der Waals surface area contributed by atoms with Gasteiger partial charge >= 0.3 is 5.97 Å². The third-order valence-electron chi connectivity index (χ3n) is 1.75. The van der Waals surface area contributed by atoms with Crippen LogP contribution >= 0.6 is 11.6 Å². The SMILES string of the molecule is CN(CC(=O)O)c1ncc([N+](=O)[O-])cc1Cl. The molecule has 1 aromatic rings. The molecule has 86 valence electrons. The van der Waals surface area contributed by atoms with E-state index in [2.05, 4.69) is 4.98 Å². The van der Waals surface area contributed by atoms with Gasteiger partial charge in [-0.05, 0) is 0 Å². The van der Waals surface area contributed by atoms with Crippen LogP contribution in [0.1, 0.15) is 0 Å². The molecule has 1 aromatic heterocycles. The molecule has 0 atom stereocenters. The van der Waals surface area contributed by atoms with Crippen molar-refractivity contribution in [1.29, 1.82) is 0 Å². The van der Waals surface area contributed by atoms with Crippen molar-refractivity contribution in [3.63, 3.8) is 0 Å². The van der Waals surface area contributed by atoms with Crippen molar-refractivity contribution >= 4 is 29.1 Å². The molecule has 0 unspecified atom stereocenters. The van der Waals surface area contributed by atoms with E-state index in [1.807, 2.05) is 0 Å². The molecular formula is C8H8ClN3O4. The van der Waals surface area contributed by atoms with Crippen LogP contribution in [0, 0.1) is 10.1 Å². The first-order valence-electron chi connectivity index (χ1n) is 4.14. The van der Waals surface area contributed by atoms with Gasteiger partial charge in [0.25, 0.3) is 5.69 Å². The molecule has 0 aromatic carbocycles. The Kier molecular flexibility index (Phi) is 3.62. The van der Waals surface area contributed by atoms with Crippen molar-refractivity contribution in [1.82, 2.24) is 4.98 Å². The highest BCUT2D eigenvalue weighted by atomic mass is 35.5. The molecule has 0 aliphatic carbocycles. The van der Waals surface area contributed by atoms with E-state index in [-0.39, 0.29) is 23.1 Å². The number of hydrogen-bond acceptors (Lipinski definition) is 5. The quantitative estimate of drug-likeness (QED) is 0.632. The van der Waals surface area contributed by atoms with Gasteiger partial charge in [0.05, 0.1) is 9.95 Å². The summed E-state index contributed by atoms with van der Waals surface area (Å²) in [6.07, 6.45) is 1.03. The summed E-state index contributed by atoms with van der Waals surface area (Å²) in [5, 5.41) is 19.0. The van der Waals surface area contributed by atoms with Gasteiger partial charge < -0.3 is 10.0 Å². The maximum Gasteiger partial charge on any atom is 0.323 e. The number of aliphatic carboxylic acids is 1. The van der Waals surface area contributed by atoms with Crippen molar-refractivity contribution in [3.05, 3.63) is 27.4 Å². The molecule has 0 aliphatic heterocycles. The Labute approximate surface area is 95.4 Å². The predicted octanol–water partition coefficient (Wildman–Crippen LogP) is 1.16. The van der Waals surface area contributed by atoms with E-state index in [1.165, 1.54) is 11.9 Å². The van der Waals surface area contributed by atoms with Gasteiger partial charge in [0, 0.05) is 13.1 Å². The number of likely N-dealkylation sites (N-methyl/N-ethyl adjacent to an activating group) is 1. The molecule has 8 heteroatoms. The first-order chi connectivity index (χ1) is 7.41. The van der Waals surface area contributed by atoms with Gasteiger partial charge in [-0.2, -0.15) is 0 Å². The number of nitro groups is 1. The first kappa shape index (κ1) is 12.2. The van der Waals surface area contributed by atoms with Crippen molar-refractivity contribution in [3.8, 4) is 0 Å². The average Bonchev–Trinajstić information content (AvgIpc) is 2.15. The molecule has 0 aliphatic rings. The van der Waals surface area contributed by atoms with Gasteiger partial charge in [-0.15, -0.1) is 0 Å². The summed E-state index contributed by atoms with van der Waals surface area (Å²) in [5.41, 5.74) is -0.238. The number of nitrogens with zero attached hydrogens (tertiary/aromatic N) is 3. The Morgan fingerprint density at radius 3 is 2.81 bits per heavy atom. The van der Waals surface area contributed by atoms with E-state index >= 15 is 0 Å². The molecule has 1 heterocycles. The number of anilines is 1. The minimum Gasteiger partial charge on any atom is -0.480 e. The van der Waals surface area contributed by atoms with Gasteiger partial charge in [0.1, 0.15) is 18.6 Å². The van der Waals surface area contributed by atoms with Crippen molar-refractivity contribution in [2.45, 2.75) is 0 Å². The molecule has 0 saturated carbocycles. The van der Waals surface area contributed by atoms with Crippen LogP contribution in [-0.4, -0.2) is 34.6 Å². The highest BCUT2D eigenvalue weighted by Gasteiger charge is 2.15. The largest absolute Gasteiger partial charge is 0.480 e. The van der Waals surface area contributed by atoms with Gasteiger partial charge in [-0.25, -0.2) is 4.98 Å². The fourth-order valence-corrected chi connectivity index (χ4v) is 1.38. The standard InChI is InChI=1S/C8H8ClN3O4/c1-11(4-7(13)14)8-6(9)2-5(3-10-8)12(15)16/h2-3H,4H2,1H3,(H,13,14). The number of aromatic nitrogens is 1. The molecule has 0 spiro atoms.